The molecule has 3 aliphatic rings. The zero-order chi connectivity index (χ0) is 24.4. The predicted octanol–water partition coefficient (Wildman–Crippen LogP) is 3.07. The Bertz CT molecular complexity index is 1310. The summed E-state index contributed by atoms with van der Waals surface area (Å²) in [6, 6.07) is 20.4. The van der Waals surface area contributed by atoms with Crippen LogP contribution < -0.4 is 24.7 Å². The van der Waals surface area contributed by atoms with E-state index in [-0.39, 0.29) is 6.02 Å². The summed E-state index contributed by atoms with van der Waals surface area (Å²) in [7, 11) is 4.73. The highest BCUT2D eigenvalue weighted by Crippen LogP contribution is 2.70. The standard InChI is InChI=1S/C27H26N2O6/c1-31-17-11-9-16(10-12-17)27-21(15-7-5-4-6-8-15)23-24(34-25(28)29-23)26(27,30)22-19(33-3)13-18(32-2)14-20(22)35-27/h4-14,21,23-24,30H,1-3H3,(H2,28,29)/t21-,23-,24-,26+,27+/m1/s1. The molecule has 0 aromatic heterocycles. The summed E-state index contributed by atoms with van der Waals surface area (Å²) in [6.07, 6.45) is -0.807. The van der Waals surface area contributed by atoms with Crippen molar-refractivity contribution in [1.29, 1.82) is 0 Å². The summed E-state index contributed by atoms with van der Waals surface area (Å²) >= 11 is 0. The maximum atomic E-state index is 12.9. The Morgan fingerprint density at radius 3 is 2.29 bits per heavy atom. The van der Waals surface area contributed by atoms with Crippen LogP contribution in [0.5, 0.6) is 23.0 Å². The van der Waals surface area contributed by atoms with Crippen LogP contribution in [0.15, 0.2) is 71.7 Å². The van der Waals surface area contributed by atoms with E-state index in [1.165, 1.54) is 0 Å². The van der Waals surface area contributed by atoms with E-state index >= 15 is 0 Å². The van der Waals surface area contributed by atoms with Crippen molar-refractivity contribution in [3.05, 3.63) is 83.4 Å². The SMILES string of the molecule is COc1ccc([C@@]23Oc4cc(OC)cc(OC)c4[C@]2(O)[C@@H]2OC(N)=N[C@@H]2[C@H]3c2ccccc2)cc1. The number of benzene rings is 3. The van der Waals surface area contributed by atoms with Gasteiger partial charge in [0.2, 0.25) is 0 Å². The lowest BCUT2D eigenvalue weighted by Crippen LogP contribution is -2.53. The first-order chi connectivity index (χ1) is 17.0. The van der Waals surface area contributed by atoms with Crippen LogP contribution in [0.4, 0.5) is 0 Å². The van der Waals surface area contributed by atoms with Gasteiger partial charge in [0.05, 0.1) is 32.8 Å². The molecular formula is C27H26N2O6. The van der Waals surface area contributed by atoms with Crippen LogP contribution in [0, 0.1) is 0 Å². The molecule has 3 aromatic rings. The first-order valence-electron chi connectivity index (χ1n) is 11.3. The minimum Gasteiger partial charge on any atom is -0.497 e. The van der Waals surface area contributed by atoms with Gasteiger partial charge in [0, 0.05) is 12.1 Å². The zero-order valence-corrected chi connectivity index (χ0v) is 19.6. The lowest BCUT2D eigenvalue weighted by Gasteiger charge is -2.41. The molecule has 35 heavy (non-hydrogen) atoms. The number of fused-ring (bicyclic) bond motifs is 5. The molecule has 1 saturated carbocycles. The number of rotatable bonds is 5. The van der Waals surface area contributed by atoms with E-state index in [2.05, 4.69) is 4.99 Å². The second-order valence-corrected chi connectivity index (χ2v) is 8.92. The molecule has 0 saturated heterocycles. The second kappa shape index (κ2) is 7.55. The first kappa shape index (κ1) is 21.6. The molecule has 1 aliphatic carbocycles. The predicted molar refractivity (Wildman–Crippen MR) is 128 cm³/mol. The lowest BCUT2D eigenvalue weighted by atomic mass is 9.71. The molecular weight excluding hydrogens is 448 g/mol. The fraction of sp³-hybridized carbons (Fsp3) is 0.296. The van der Waals surface area contributed by atoms with Gasteiger partial charge in [0.1, 0.15) is 29.0 Å². The smallest absolute Gasteiger partial charge is 0.282 e. The largest absolute Gasteiger partial charge is 0.497 e. The zero-order valence-electron chi connectivity index (χ0n) is 19.6. The molecule has 3 N–H and O–H groups in total. The van der Waals surface area contributed by atoms with Crippen molar-refractivity contribution in [1.82, 2.24) is 0 Å². The summed E-state index contributed by atoms with van der Waals surface area (Å²) < 4.78 is 29.5. The molecule has 8 nitrogen and oxygen atoms in total. The average molecular weight is 475 g/mol. The molecule has 0 spiro atoms. The van der Waals surface area contributed by atoms with Gasteiger partial charge in [-0.1, -0.05) is 42.5 Å². The molecule has 0 amide bonds. The summed E-state index contributed by atoms with van der Waals surface area (Å²) in [4.78, 5) is 4.64. The van der Waals surface area contributed by atoms with Crippen molar-refractivity contribution in [2.45, 2.75) is 29.3 Å². The van der Waals surface area contributed by atoms with E-state index in [1.54, 1.807) is 33.5 Å². The number of hydrogen-bond acceptors (Lipinski definition) is 8. The minimum absolute atomic E-state index is 0.0404. The van der Waals surface area contributed by atoms with Gasteiger partial charge in [-0.25, -0.2) is 4.99 Å². The number of amidine groups is 1. The minimum atomic E-state index is -1.69. The Morgan fingerprint density at radius 1 is 0.914 bits per heavy atom. The third-order valence-corrected chi connectivity index (χ3v) is 7.42. The molecule has 5 atom stereocenters. The van der Waals surface area contributed by atoms with Crippen LogP contribution in [-0.2, 0) is 15.9 Å². The summed E-state index contributed by atoms with van der Waals surface area (Å²) in [5.74, 6) is 1.68. The first-order valence-corrected chi connectivity index (χ1v) is 11.3. The van der Waals surface area contributed by atoms with Gasteiger partial charge in [-0.2, -0.15) is 0 Å². The highest BCUT2D eigenvalue weighted by molar-refractivity contribution is 5.76. The molecule has 0 unspecified atom stereocenters. The molecule has 2 aliphatic heterocycles. The van der Waals surface area contributed by atoms with Crippen LogP contribution in [0.1, 0.15) is 22.6 Å². The number of nitrogens with two attached hydrogens (primary N) is 1. The fourth-order valence-electron chi connectivity index (χ4n) is 6.05. The van der Waals surface area contributed by atoms with Crippen molar-refractivity contribution in [2.24, 2.45) is 10.7 Å². The van der Waals surface area contributed by atoms with Gasteiger partial charge in [0.25, 0.3) is 6.02 Å². The van der Waals surface area contributed by atoms with Gasteiger partial charge < -0.3 is 34.5 Å². The van der Waals surface area contributed by atoms with Crippen LogP contribution in [-0.4, -0.2) is 44.6 Å². The third-order valence-electron chi connectivity index (χ3n) is 7.42. The summed E-state index contributed by atoms with van der Waals surface area (Å²) in [5, 5.41) is 12.9. The Balaban J connectivity index is 1.69. The van der Waals surface area contributed by atoms with Gasteiger partial charge in [-0.3, -0.25) is 0 Å². The van der Waals surface area contributed by atoms with E-state index in [9.17, 15) is 5.11 Å². The third kappa shape index (κ3) is 2.68. The average Bonchev–Trinajstić information content (AvgIpc) is 3.46. The molecule has 3 aromatic carbocycles. The van der Waals surface area contributed by atoms with E-state index in [4.69, 9.17) is 29.4 Å². The molecule has 6 rings (SSSR count). The number of hydrogen-bond donors (Lipinski definition) is 2. The molecule has 0 bridgehead atoms. The maximum absolute atomic E-state index is 12.9. The Morgan fingerprint density at radius 2 is 1.63 bits per heavy atom. The lowest BCUT2D eigenvalue weighted by molar-refractivity contribution is -0.145. The van der Waals surface area contributed by atoms with Gasteiger partial charge in [-0.15, -0.1) is 0 Å². The highest BCUT2D eigenvalue weighted by atomic mass is 16.6. The number of aliphatic imine (C=N–C) groups is 1. The molecule has 2 heterocycles. The molecule has 1 fully saturated rings. The van der Waals surface area contributed by atoms with E-state index < -0.39 is 29.3 Å². The Labute approximate surface area is 202 Å². The number of methoxy groups -OCH3 is 3. The summed E-state index contributed by atoms with van der Waals surface area (Å²) in [5.41, 5.74) is 5.25. The van der Waals surface area contributed by atoms with Crippen LogP contribution in [0.3, 0.4) is 0 Å². The van der Waals surface area contributed by atoms with Gasteiger partial charge in [0.15, 0.2) is 17.3 Å². The topological polar surface area (TPSA) is 105 Å². The number of nitrogens with zero attached hydrogens (tertiary/aromatic N) is 1. The normalized spacial score (nSPS) is 29.8. The van der Waals surface area contributed by atoms with Crippen LogP contribution in [0.2, 0.25) is 0 Å². The van der Waals surface area contributed by atoms with Crippen LogP contribution >= 0.6 is 0 Å². The van der Waals surface area contributed by atoms with E-state index in [1.807, 2.05) is 54.6 Å². The number of aliphatic hydroxyl groups is 1. The Hall–Kier alpha value is -3.91. The second-order valence-electron chi connectivity index (χ2n) is 8.92. The molecule has 0 radical (unpaired) electrons. The van der Waals surface area contributed by atoms with Crippen molar-refractivity contribution < 1.29 is 28.8 Å². The fourth-order valence-corrected chi connectivity index (χ4v) is 6.05. The van der Waals surface area contributed by atoms with Crippen molar-refractivity contribution in [3.63, 3.8) is 0 Å². The Kier molecular flexibility index (Phi) is 4.66. The monoisotopic (exact) mass is 474 g/mol. The molecule has 8 heteroatoms. The van der Waals surface area contributed by atoms with E-state index in [0.29, 0.717) is 28.6 Å². The van der Waals surface area contributed by atoms with Crippen molar-refractivity contribution >= 4 is 6.02 Å². The maximum Gasteiger partial charge on any atom is 0.282 e. The van der Waals surface area contributed by atoms with Gasteiger partial charge >= 0.3 is 0 Å². The number of ether oxygens (including phenoxy) is 5. The van der Waals surface area contributed by atoms with Crippen molar-refractivity contribution in [2.75, 3.05) is 21.3 Å². The van der Waals surface area contributed by atoms with E-state index in [0.717, 1.165) is 11.1 Å². The van der Waals surface area contributed by atoms with Crippen LogP contribution in [0.25, 0.3) is 0 Å². The van der Waals surface area contributed by atoms with Crippen molar-refractivity contribution in [3.8, 4) is 23.0 Å². The highest BCUT2D eigenvalue weighted by Gasteiger charge is 2.79. The van der Waals surface area contributed by atoms with Gasteiger partial charge in [-0.05, 0) is 23.3 Å². The summed E-state index contributed by atoms with van der Waals surface area (Å²) in [6.45, 7) is 0. The molecule has 180 valence electrons. The quantitative estimate of drug-likeness (QED) is 0.586.